The normalized spacial score (nSPS) is 16.5. The summed E-state index contributed by atoms with van der Waals surface area (Å²) in [5.74, 6) is -0.203. The van der Waals surface area contributed by atoms with E-state index in [0.29, 0.717) is 19.4 Å². The number of anilines is 1. The van der Waals surface area contributed by atoms with Crippen molar-refractivity contribution in [2.45, 2.75) is 20.3 Å². The molecule has 0 radical (unpaired) electrons. The monoisotopic (exact) mass is 358 g/mol. The summed E-state index contributed by atoms with van der Waals surface area (Å²) in [6.45, 7) is 9.11. The van der Waals surface area contributed by atoms with Gasteiger partial charge in [-0.2, -0.15) is 0 Å². The van der Waals surface area contributed by atoms with E-state index in [1.165, 1.54) is 12.1 Å². The van der Waals surface area contributed by atoms with Crippen molar-refractivity contribution in [3.63, 3.8) is 0 Å². The first kappa shape index (κ1) is 19.4. The maximum atomic E-state index is 13.0. The Kier molecular flexibility index (Phi) is 7.69. The Morgan fingerprint density at radius 3 is 2.17 bits per heavy atom. The Labute approximate surface area is 144 Å². The molecule has 5 nitrogen and oxygen atoms in total. The summed E-state index contributed by atoms with van der Waals surface area (Å²) in [6.07, 6.45) is 1.26. The highest BCUT2D eigenvalue weighted by molar-refractivity contribution is 7.53. The minimum absolute atomic E-state index is 0.203. The fraction of sp³-hybridized carbons (Fsp3) is 0.647. The first-order valence-electron chi connectivity index (χ1n) is 8.67. The SMILES string of the molecule is CCOP(=O)(CCCN1CCN(c2ccc(F)cc2)CC1)OCC. The van der Waals surface area contributed by atoms with Crippen molar-refractivity contribution >= 4 is 13.3 Å². The summed E-state index contributed by atoms with van der Waals surface area (Å²) in [5, 5.41) is 0. The lowest BCUT2D eigenvalue weighted by molar-refractivity contribution is 0.215. The maximum absolute atomic E-state index is 13.0. The van der Waals surface area contributed by atoms with Crippen LogP contribution in [0, 0.1) is 5.82 Å². The zero-order valence-corrected chi connectivity index (χ0v) is 15.5. The van der Waals surface area contributed by atoms with Crippen LogP contribution in [0.3, 0.4) is 0 Å². The van der Waals surface area contributed by atoms with Crippen molar-refractivity contribution < 1.29 is 18.0 Å². The molecule has 0 aliphatic carbocycles. The third kappa shape index (κ3) is 5.85. The molecular weight excluding hydrogens is 330 g/mol. The fourth-order valence-electron chi connectivity index (χ4n) is 2.93. The Balaban J connectivity index is 1.73. The standard InChI is InChI=1S/C17H28FN2O3P/c1-3-22-24(21,23-4-2)15-5-10-19-11-13-20(14-12-19)17-8-6-16(18)7-9-17/h6-9H,3-5,10-15H2,1-2H3. The van der Waals surface area contributed by atoms with Crippen LogP contribution in [0.15, 0.2) is 24.3 Å². The van der Waals surface area contributed by atoms with Crippen LogP contribution in [-0.2, 0) is 13.6 Å². The number of benzene rings is 1. The summed E-state index contributed by atoms with van der Waals surface area (Å²) < 4.78 is 36.0. The molecule has 0 aromatic heterocycles. The van der Waals surface area contributed by atoms with Gasteiger partial charge in [-0.05, 0) is 51.1 Å². The molecule has 1 aliphatic rings. The molecule has 1 aliphatic heterocycles. The van der Waals surface area contributed by atoms with Crippen molar-refractivity contribution in [1.82, 2.24) is 4.90 Å². The van der Waals surface area contributed by atoms with Gasteiger partial charge in [-0.15, -0.1) is 0 Å². The molecule has 1 fully saturated rings. The summed E-state index contributed by atoms with van der Waals surface area (Å²) in [5.41, 5.74) is 1.06. The molecule has 1 aromatic rings. The lowest BCUT2D eigenvalue weighted by Gasteiger charge is -2.36. The summed E-state index contributed by atoms with van der Waals surface area (Å²) in [6, 6.07) is 6.65. The molecule has 1 aromatic carbocycles. The maximum Gasteiger partial charge on any atom is 0.330 e. The Hall–Kier alpha value is -0.940. The van der Waals surface area contributed by atoms with E-state index in [0.717, 1.165) is 44.8 Å². The van der Waals surface area contributed by atoms with E-state index in [1.807, 2.05) is 26.0 Å². The zero-order chi connectivity index (χ0) is 17.4. The third-order valence-corrected chi connectivity index (χ3v) is 6.29. The molecule has 7 heteroatoms. The van der Waals surface area contributed by atoms with Crippen LogP contribution in [-0.4, -0.2) is 57.0 Å². The average Bonchev–Trinajstić information content (AvgIpc) is 2.57. The number of rotatable bonds is 9. The second-order valence-electron chi connectivity index (χ2n) is 5.83. The van der Waals surface area contributed by atoms with Crippen LogP contribution in [0.4, 0.5) is 10.1 Å². The number of halogens is 1. The minimum Gasteiger partial charge on any atom is -0.369 e. The van der Waals surface area contributed by atoms with Crippen molar-refractivity contribution in [3.8, 4) is 0 Å². The number of hydrogen-bond acceptors (Lipinski definition) is 5. The van der Waals surface area contributed by atoms with E-state index in [1.54, 1.807) is 0 Å². The van der Waals surface area contributed by atoms with E-state index < -0.39 is 7.60 Å². The molecule has 2 rings (SSSR count). The van der Waals surface area contributed by atoms with Gasteiger partial charge in [-0.3, -0.25) is 9.46 Å². The van der Waals surface area contributed by atoms with Crippen LogP contribution in [0.25, 0.3) is 0 Å². The first-order valence-corrected chi connectivity index (χ1v) is 10.4. The Bertz CT molecular complexity index is 523. The van der Waals surface area contributed by atoms with Gasteiger partial charge in [0.2, 0.25) is 0 Å². The smallest absolute Gasteiger partial charge is 0.330 e. The van der Waals surface area contributed by atoms with E-state index in [-0.39, 0.29) is 5.82 Å². The molecule has 0 unspecified atom stereocenters. The molecule has 0 amide bonds. The number of nitrogens with zero attached hydrogens (tertiary/aromatic N) is 2. The number of piperazine rings is 1. The summed E-state index contributed by atoms with van der Waals surface area (Å²) in [7, 11) is -2.92. The van der Waals surface area contributed by atoms with E-state index in [4.69, 9.17) is 9.05 Å². The molecular formula is C17H28FN2O3P. The average molecular weight is 358 g/mol. The fourth-order valence-corrected chi connectivity index (χ4v) is 4.58. The van der Waals surface area contributed by atoms with Crippen molar-refractivity contribution in [1.29, 1.82) is 0 Å². The summed E-state index contributed by atoms with van der Waals surface area (Å²) >= 11 is 0. The van der Waals surface area contributed by atoms with E-state index in [2.05, 4.69) is 9.80 Å². The molecule has 0 spiro atoms. The third-order valence-electron chi connectivity index (χ3n) is 4.12. The molecule has 0 saturated carbocycles. The predicted molar refractivity (Wildman–Crippen MR) is 95.4 cm³/mol. The molecule has 0 atom stereocenters. The molecule has 1 heterocycles. The predicted octanol–water partition coefficient (Wildman–Crippen LogP) is 3.60. The largest absolute Gasteiger partial charge is 0.369 e. The van der Waals surface area contributed by atoms with E-state index >= 15 is 0 Å². The molecule has 0 N–H and O–H groups in total. The molecule has 0 bridgehead atoms. The molecule has 1 saturated heterocycles. The van der Waals surface area contributed by atoms with Crippen LogP contribution >= 0.6 is 7.60 Å². The van der Waals surface area contributed by atoms with Gasteiger partial charge in [-0.1, -0.05) is 0 Å². The quantitative estimate of drug-likeness (QED) is 0.631. The second kappa shape index (κ2) is 9.52. The second-order valence-corrected chi connectivity index (χ2v) is 8.01. The van der Waals surface area contributed by atoms with Gasteiger partial charge in [0.1, 0.15) is 5.82 Å². The van der Waals surface area contributed by atoms with Gasteiger partial charge >= 0.3 is 7.60 Å². The number of hydrogen-bond donors (Lipinski definition) is 0. The van der Waals surface area contributed by atoms with Gasteiger partial charge in [-0.25, -0.2) is 4.39 Å². The Morgan fingerprint density at radius 1 is 1.04 bits per heavy atom. The molecule has 136 valence electrons. The topological polar surface area (TPSA) is 42.0 Å². The first-order chi connectivity index (χ1) is 11.6. The van der Waals surface area contributed by atoms with Gasteiger partial charge in [0.15, 0.2) is 0 Å². The highest BCUT2D eigenvalue weighted by Crippen LogP contribution is 2.48. The van der Waals surface area contributed by atoms with Crippen molar-refractivity contribution in [3.05, 3.63) is 30.1 Å². The van der Waals surface area contributed by atoms with Crippen molar-refractivity contribution in [2.75, 3.05) is 57.0 Å². The van der Waals surface area contributed by atoms with Crippen LogP contribution < -0.4 is 4.90 Å². The summed E-state index contributed by atoms with van der Waals surface area (Å²) in [4.78, 5) is 4.63. The van der Waals surface area contributed by atoms with Gasteiger partial charge in [0, 0.05) is 31.9 Å². The van der Waals surface area contributed by atoms with Crippen molar-refractivity contribution in [2.24, 2.45) is 0 Å². The Morgan fingerprint density at radius 2 is 1.62 bits per heavy atom. The zero-order valence-electron chi connectivity index (χ0n) is 14.6. The van der Waals surface area contributed by atoms with Crippen LogP contribution in [0.5, 0.6) is 0 Å². The van der Waals surface area contributed by atoms with Gasteiger partial charge in [0.05, 0.1) is 19.4 Å². The highest BCUT2D eigenvalue weighted by Gasteiger charge is 2.24. The van der Waals surface area contributed by atoms with Crippen LogP contribution in [0.2, 0.25) is 0 Å². The lowest BCUT2D eigenvalue weighted by Crippen LogP contribution is -2.46. The van der Waals surface area contributed by atoms with Gasteiger partial charge in [0.25, 0.3) is 0 Å². The van der Waals surface area contributed by atoms with Gasteiger partial charge < -0.3 is 13.9 Å². The van der Waals surface area contributed by atoms with E-state index in [9.17, 15) is 8.96 Å². The highest BCUT2D eigenvalue weighted by atomic mass is 31.2. The minimum atomic E-state index is -2.92. The molecule has 24 heavy (non-hydrogen) atoms. The lowest BCUT2D eigenvalue weighted by atomic mass is 10.2. The van der Waals surface area contributed by atoms with Crippen LogP contribution in [0.1, 0.15) is 20.3 Å².